The SMILES string of the molecule is [CH-]=CC1CCCCC1.[CH3-].[Zn+2]. The van der Waals surface area contributed by atoms with Crippen molar-refractivity contribution in [3.05, 3.63) is 20.1 Å². The molecule has 1 saturated carbocycles. The van der Waals surface area contributed by atoms with E-state index in [1.54, 1.807) is 0 Å². The molecule has 0 atom stereocenters. The van der Waals surface area contributed by atoms with E-state index < -0.39 is 0 Å². The Labute approximate surface area is 77.9 Å². The molecule has 0 aromatic rings. The summed E-state index contributed by atoms with van der Waals surface area (Å²) in [6.07, 6.45) is 8.72. The Morgan fingerprint density at radius 2 is 1.60 bits per heavy atom. The number of hydrogen-bond donors (Lipinski definition) is 0. The molecule has 10 heavy (non-hydrogen) atoms. The summed E-state index contributed by atoms with van der Waals surface area (Å²) in [5, 5.41) is 0. The van der Waals surface area contributed by atoms with Gasteiger partial charge in [-0.1, -0.05) is 25.2 Å². The summed E-state index contributed by atoms with van der Waals surface area (Å²) in [6.45, 7) is 5.38. The van der Waals surface area contributed by atoms with E-state index in [1.165, 1.54) is 32.1 Å². The Morgan fingerprint density at radius 3 is 1.90 bits per heavy atom. The molecule has 0 nitrogen and oxygen atoms in total. The van der Waals surface area contributed by atoms with Crippen LogP contribution in [0, 0.1) is 19.9 Å². The van der Waals surface area contributed by atoms with Crippen LogP contribution in [-0.2, 0) is 19.5 Å². The molecule has 0 bridgehead atoms. The zero-order chi connectivity index (χ0) is 5.82. The van der Waals surface area contributed by atoms with Crippen molar-refractivity contribution in [3.63, 3.8) is 0 Å². The third-order valence-corrected chi connectivity index (χ3v) is 1.92. The minimum absolute atomic E-state index is 0. The Balaban J connectivity index is 0. The van der Waals surface area contributed by atoms with Gasteiger partial charge in [-0.15, -0.1) is 0 Å². The van der Waals surface area contributed by atoms with Crippen LogP contribution in [0.25, 0.3) is 0 Å². The average Bonchev–Trinajstić information content (AvgIpc) is 1.90. The van der Waals surface area contributed by atoms with Crippen LogP contribution in [-0.4, -0.2) is 0 Å². The first-order valence-corrected chi connectivity index (χ1v) is 3.48. The van der Waals surface area contributed by atoms with Gasteiger partial charge in [0.2, 0.25) is 0 Å². The van der Waals surface area contributed by atoms with Crippen molar-refractivity contribution < 1.29 is 19.5 Å². The van der Waals surface area contributed by atoms with E-state index in [9.17, 15) is 0 Å². The molecule has 54 valence electrons. The molecule has 0 saturated heterocycles. The molecule has 1 heteroatoms. The first kappa shape index (κ1) is 13.0. The Bertz CT molecular complexity index is 72.8. The van der Waals surface area contributed by atoms with Crippen molar-refractivity contribution in [2.24, 2.45) is 5.92 Å². The first-order valence-electron chi connectivity index (χ1n) is 3.48. The molecule has 1 aliphatic carbocycles. The van der Waals surface area contributed by atoms with Crippen LogP contribution >= 0.6 is 0 Å². The maximum absolute atomic E-state index is 5.38. The maximum Gasteiger partial charge on any atom is 2.00 e. The van der Waals surface area contributed by atoms with E-state index >= 15 is 0 Å². The minimum atomic E-state index is 0. The average molecular weight is 190 g/mol. The van der Waals surface area contributed by atoms with Crippen LogP contribution in [0.5, 0.6) is 0 Å². The summed E-state index contributed by atoms with van der Waals surface area (Å²) in [5.74, 6) is 0.740. The Hall–Kier alpha value is 0.363. The minimum Gasteiger partial charge on any atom is -0.518 e. The van der Waals surface area contributed by atoms with Crippen molar-refractivity contribution in [2.75, 3.05) is 0 Å². The van der Waals surface area contributed by atoms with Crippen LogP contribution in [0.2, 0.25) is 0 Å². The van der Waals surface area contributed by atoms with Crippen molar-refractivity contribution in [3.8, 4) is 0 Å². The molecule has 0 unspecified atom stereocenters. The van der Waals surface area contributed by atoms with Gasteiger partial charge in [-0.05, 0) is 12.8 Å². The summed E-state index contributed by atoms with van der Waals surface area (Å²) in [6, 6.07) is 0. The molecule has 0 aromatic carbocycles. The predicted molar refractivity (Wildman–Crippen MR) is 41.9 cm³/mol. The van der Waals surface area contributed by atoms with E-state index in [2.05, 4.69) is 0 Å². The smallest absolute Gasteiger partial charge is 0.518 e. The fourth-order valence-corrected chi connectivity index (χ4v) is 1.33. The van der Waals surface area contributed by atoms with Crippen LogP contribution in [0.15, 0.2) is 6.08 Å². The Morgan fingerprint density at radius 1 is 1.10 bits per heavy atom. The van der Waals surface area contributed by atoms with Crippen LogP contribution in [0.1, 0.15) is 32.1 Å². The van der Waals surface area contributed by atoms with Gasteiger partial charge in [0.25, 0.3) is 0 Å². The van der Waals surface area contributed by atoms with Gasteiger partial charge in [-0.2, -0.15) is 0 Å². The second kappa shape index (κ2) is 7.47. The molecule has 1 fully saturated rings. The molecular weight excluding hydrogens is 173 g/mol. The predicted octanol–water partition coefficient (Wildman–Crippen LogP) is 3.00. The van der Waals surface area contributed by atoms with Crippen molar-refractivity contribution in [1.82, 2.24) is 0 Å². The van der Waals surface area contributed by atoms with Gasteiger partial charge < -0.3 is 14.0 Å². The van der Waals surface area contributed by atoms with E-state index in [4.69, 9.17) is 6.58 Å². The third kappa shape index (κ3) is 4.22. The fourth-order valence-electron chi connectivity index (χ4n) is 1.33. The summed E-state index contributed by atoms with van der Waals surface area (Å²) < 4.78 is 0. The van der Waals surface area contributed by atoms with Gasteiger partial charge >= 0.3 is 19.5 Å². The molecule has 1 aliphatic rings. The van der Waals surface area contributed by atoms with Gasteiger partial charge in [0, 0.05) is 0 Å². The maximum atomic E-state index is 5.38. The van der Waals surface area contributed by atoms with Crippen molar-refractivity contribution in [2.45, 2.75) is 32.1 Å². The molecule has 0 heterocycles. The van der Waals surface area contributed by atoms with Crippen LogP contribution < -0.4 is 0 Å². The molecular formula is C9H16Zn. The molecule has 0 aromatic heterocycles. The van der Waals surface area contributed by atoms with Gasteiger partial charge in [0.15, 0.2) is 0 Å². The molecule has 0 amide bonds. The summed E-state index contributed by atoms with van der Waals surface area (Å²) in [7, 11) is 0. The quantitative estimate of drug-likeness (QED) is 0.440. The third-order valence-electron chi connectivity index (χ3n) is 1.92. The molecule has 0 radical (unpaired) electrons. The topological polar surface area (TPSA) is 0 Å². The Kier molecular flexibility index (Phi) is 9.70. The first-order chi connectivity index (χ1) is 3.93. The zero-order valence-corrected chi connectivity index (χ0v) is 9.94. The molecule has 1 rings (SSSR count). The van der Waals surface area contributed by atoms with Gasteiger partial charge in [-0.25, -0.2) is 0 Å². The summed E-state index contributed by atoms with van der Waals surface area (Å²) in [4.78, 5) is 0. The largest absolute Gasteiger partial charge is 2.00 e. The summed E-state index contributed by atoms with van der Waals surface area (Å²) >= 11 is 0. The second-order valence-corrected chi connectivity index (χ2v) is 2.59. The second-order valence-electron chi connectivity index (χ2n) is 2.59. The molecule has 0 N–H and O–H groups in total. The normalized spacial score (nSPS) is 18.4. The van der Waals surface area contributed by atoms with Crippen molar-refractivity contribution in [1.29, 1.82) is 0 Å². The number of rotatable bonds is 1. The molecule has 0 spiro atoms. The van der Waals surface area contributed by atoms with E-state index in [0.29, 0.717) is 0 Å². The van der Waals surface area contributed by atoms with Gasteiger partial charge in [0.05, 0.1) is 0 Å². The van der Waals surface area contributed by atoms with Crippen LogP contribution in [0.3, 0.4) is 0 Å². The monoisotopic (exact) mass is 188 g/mol. The summed E-state index contributed by atoms with van der Waals surface area (Å²) in [5.41, 5.74) is 0. The number of hydrogen-bond acceptors (Lipinski definition) is 0. The molecule has 0 aliphatic heterocycles. The van der Waals surface area contributed by atoms with Crippen molar-refractivity contribution >= 4 is 0 Å². The standard InChI is InChI=1S/C8H13.CH3.Zn/c1-2-8-6-4-3-5-7-8;;/h1-2,8H,3-7H2;1H3;/q2*-1;+2. The fraction of sp³-hybridized carbons (Fsp3) is 0.667. The zero-order valence-electron chi connectivity index (χ0n) is 6.97. The number of allylic oxidation sites excluding steroid dienone is 1. The van der Waals surface area contributed by atoms with Crippen LogP contribution in [0.4, 0.5) is 0 Å². The van der Waals surface area contributed by atoms with E-state index in [0.717, 1.165) is 5.92 Å². The van der Waals surface area contributed by atoms with Gasteiger partial charge in [0.1, 0.15) is 0 Å². The van der Waals surface area contributed by atoms with E-state index in [-0.39, 0.29) is 26.9 Å². The van der Waals surface area contributed by atoms with Gasteiger partial charge in [-0.3, -0.25) is 6.08 Å². The van der Waals surface area contributed by atoms with E-state index in [1.807, 2.05) is 6.08 Å².